The van der Waals surface area contributed by atoms with E-state index in [0.717, 1.165) is 23.6 Å². The molecule has 5 heteroatoms. The lowest BCUT2D eigenvalue weighted by atomic mass is 9.93. The van der Waals surface area contributed by atoms with Crippen molar-refractivity contribution in [3.63, 3.8) is 0 Å². The molecule has 1 aromatic heterocycles. The summed E-state index contributed by atoms with van der Waals surface area (Å²) in [5, 5.41) is 14.0. The minimum absolute atomic E-state index is 0.602. The van der Waals surface area contributed by atoms with Gasteiger partial charge in [0, 0.05) is 11.9 Å². The topological polar surface area (TPSA) is 61.6 Å². The summed E-state index contributed by atoms with van der Waals surface area (Å²) in [6.45, 7) is 2.89. The van der Waals surface area contributed by atoms with E-state index in [1.165, 1.54) is 6.33 Å². The Morgan fingerprint density at radius 2 is 2.10 bits per heavy atom. The average molecular weight is 298 g/mol. The minimum atomic E-state index is -0.702. The molecule has 0 saturated carbocycles. The fourth-order valence-corrected chi connectivity index (χ4v) is 2.96. The second-order valence-corrected chi connectivity index (χ2v) is 5.64. The Labute approximate surface area is 129 Å². The highest BCUT2D eigenvalue weighted by Gasteiger charge is 2.31. The first-order valence-electron chi connectivity index (χ1n) is 6.91. The van der Waals surface area contributed by atoms with E-state index in [9.17, 15) is 5.26 Å². The molecule has 0 bridgehead atoms. The van der Waals surface area contributed by atoms with Gasteiger partial charge in [0.2, 0.25) is 0 Å². The normalized spacial score (nSPS) is 13.3. The van der Waals surface area contributed by atoms with Gasteiger partial charge in [-0.3, -0.25) is 5.32 Å². The number of nitrogens with zero attached hydrogens (tertiary/aromatic N) is 3. The Morgan fingerprint density at radius 3 is 2.71 bits per heavy atom. The number of benzene rings is 1. The number of thioether (sulfide) groups is 1. The van der Waals surface area contributed by atoms with Crippen LogP contribution in [0, 0.1) is 11.3 Å². The van der Waals surface area contributed by atoms with Gasteiger partial charge in [-0.2, -0.15) is 5.26 Å². The molecule has 0 aliphatic heterocycles. The summed E-state index contributed by atoms with van der Waals surface area (Å²) in [6.07, 6.45) is 4.22. The van der Waals surface area contributed by atoms with Crippen LogP contribution in [0.4, 0.5) is 0 Å². The SMILES string of the molecule is CCCNC(C#N)(CSc1ccncn1)c1ccccc1. The van der Waals surface area contributed by atoms with Crippen LogP contribution in [-0.4, -0.2) is 22.3 Å². The Kier molecular flexibility index (Phi) is 5.73. The summed E-state index contributed by atoms with van der Waals surface area (Å²) in [5.41, 5.74) is 0.287. The molecule has 21 heavy (non-hydrogen) atoms. The first-order chi connectivity index (χ1) is 10.3. The number of hydrogen-bond acceptors (Lipinski definition) is 5. The third-order valence-corrected chi connectivity index (χ3v) is 4.24. The highest BCUT2D eigenvalue weighted by molar-refractivity contribution is 7.99. The van der Waals surface area contributed by atoms with Crippen molar-refractivity contribution in [3.05, 3.63) is 54.5 Å². The van der Waals surface area contributed by atoms with E-state index in [-0.39, 0.29) is 0 Å². The van der Waals surface area contributed by atoms with E-state index < -0.39 is 5.54 Å². The molecular weight excluding hydrogens is 280 g/mol. The van der Waals surface area contributed by atoms with Crippen molar-refractivity contribution in [2.45, 2.75) is 23.9 Å². The molecule has 1 unspecified atom stereocenters. The van der Waals surface area contributed by atoms with E-state index in [4.69, 9.17) is 0 Å². The van der Waals surface area contributed by atoms with Gasteiger partial charge in [0.15, 0.2) is 0 Å². The number of nitrogens with one attached hydrogen (secondary N) is 1. The van der Waals surface area contributed by atoms with Crippen LogP contribution in [0.1, 0.15) is 18.9 Å². The molecule has 1 heterocycles. The van der Waals surface area contributed by atoms with Crippen LogP contribution in [0.25, 0.3) is 0 Å². The van der Waals surface area contributed by atoms with Crippen molar-refractivity contribution in [2.24, 2.45) is 0 Å². The quantitative estimate of drug-likeness (QED) is 0.629. The van der Waals surface area contributed by atoms with Gasteiger partial charge in [-0.25, -0.2) is 9.97 Å². The molecule has 2 aromatic rings. The van der Waals surface area contributed by atoms with E-state index in [2.05, 4.69) is 28.3 Å². The molecule has 0 amide bonds. The van der Waals surface area contributed by atoms with E-state index in [1.54, 1.807) is 18.0 Å². The Hall–Kier alpha value is -1.90. The Morgan fingerprint density at radius 1 is 1.29 bits per heavy atom. The zero-order valence-electron chi connectivity index (χ0n) is 12.0. The summed E-state index contributed by atoms with van der Waals surface area (Å²) in [7, 11) is 0. The van der Waals surface area contributed by atoms with E-state index in [0.29, 0.717) is 5.75 Å². The van der Waals surface area contributed by atoms with Crippen LogP contribution in [0.5, 0.6) is 0 Å². The van der Waals surface area contributed by atoms with Crippen LogP contribution < -0.4 is 5.32 Å². The monoisotopic (exact) mass is 298 g/mol. The highest BCUT2D eigenvalue weighted by Crippen LogP contribution is 2.28. The van der Waals surface area contributed by atoms with Crippen molar-refractivity contribution >= 4 is 11.8 Å². The fourth-order valence-electron chi connectivity index (χ4n) is 1.98. The smallest absolute Gasteiger partial charge is 0.141 e. The maximum absolute atomic E-state index is 9.78. The summed E-state index contributed by atoms with van der Waals surface area (Å²) < 4.78 is 0. The zero-order valence-corrected chi connectivity index (χ0v) is 12.8. The molecule has 0 spiro atoms. The molecular formula is C16H18N4S. The van der Waals surface area contributed by atoms with E-state index >= 15 is 0 Å². The van der Waals surface area contributed by atoms with Crippen molar-refractivity contribution < 1.29 is 0 Å². The molecule has 1 aromatic carbocycles. The van der Waals surface area contributed by atoms with Gasteiger partial charge in [-0.15, -0.1) is 11.8 Å². The van der Waals surface area contributed by atoms with Crippen LogP contribution in [-0.2, 0) is 5.54 Å². The third-order valence-electron chi connectivity index (χ3n) is 3.13. The second kappa shape index (κ2) is 7.77. The van der Waals surface area contributed by atoms with Gasteiger partial charge in [0.05, 0.1) is 11.1 Å². The molecule has 0 saturated heterocycles. The lowest BCUT2D eigenvalue weighted by molar-refractivity contribution is 0.473. The third kappa shape index (κ3) is 4.03. The van der Waals surface area contributed by atoms with Gasteiger partial charge in [-0.1, -0.05) is 37.3 Å². The summed E-state index contributed by atoms with van der Waals surface area (Å²) >= 11 is 1.56. The largest absolute Gasteiger partial charge is 0.295 e. The highest BCUT2D eigenvalue weighted by atomic mass is 32.2. The van der Waals surface area contributed by atoms with Crippen molar-refractivity contribution in [2.75, 3.05) is 12.3 Å². The van der Waals surface area contributed by atoms with Crippen LogP contribution >= 0.6 is 11.8 Å². The van der Waals surface area contributed by atoms with Gasteiger partial charge in [0.25, 0.3) is 0 Å². The number of rotatable bonds is 7. The first-order valence-corrected chi connectivity index (χ1v) is 7.90. The predicted molar refractivity (Wildman–Crippen MR) is 84.8 cm³/mol. The summed E-state index contributed by atoms with van der Waals surface area (Å²) in [6, 6.07) is 14.2. The van der Waals surface area contributed by atoms with Crippen molar-refractivity contribution in [1.82, 2.24) is 15.3 Å². The van der Waals surface area contributed by atoms with Crippen LogP contribution in [0.2, 0.25) is 0 Å². The molecule has 0 aliphatic rings. The lowest BCUT2D eigenvalue weighted by Crippen LogP contribution is -2.43. The van der Waals surface area contributed by atoms with Crippen LogP contribution in [0.15, 0.2) is 53.9 Å². The molecule has 108 valence electrons. The number of aromatic nitrogens is 2. The van der Waals surface area contributed by atoms with Crippen molar-refractivity contribution in [3.8, 4) is 6.07 Å². The number of nitriles is 1. The lowest BCUT2D eigenvalue weighted by Gasteiger charge is -2.28. The van der Waals surface area contributed by atoms with Gasteiger partial charge in [-0.05, 0) is 24.6 Å². The molecule has 0 aliphatic carbocycles. The fraction of sp³-hybridized carbons (Fsp3) is 0.312. The van der Waals surface area contributed by atoms with Gasteiger partial charge in [0.1, 0.15) is 11.9 Å². The van der Waals surface area contributed by atoms with E-state index in [1.807, 2.05) is 36.4 Å². The van der Waals surface area contributed by atoms with Crippen molar-refractivity contribution in [1.29, 1.82) is 5.26 Å². The molecule has 1 N–H and O–H groups in total. The molecule has 0 radical (unpaired) electrons. The molecule has 4 nitrogen and oxygen atoms in total. The summed E-state index contributed by atoms with van der Waals surface area (Å²) in [5.74, 6) is 0.602. The molecule has 1 atom stereocenters. The van der Waals surface area contributed by atoms with Gasteiger partial charge < -0.3 is 0 Å². The maximum Gasteiger partial charge on any atom is 0.141 e. The maximum atomic E-state index is 9.78. The second-order valence-electron chi connectivity index (χ2n) is 4.65. The van der Waals surface area contributed by atoms with Crippen LogP contribution in [0.3, 0.4) is 0 Å². The summed E-state index contributed by atoms with van der Waals surface area (Å²) in [4.78, 5) is 8.12. The molecule has 2 rings (SSSR count). The van der Waals surface area contributed by atoms with Gasteiger partial charge >= 0.3 is 0 Å². The Balaban J connectivity index is 2.21. The molecule has 0 fully saturated rings. The first kappa shape index (κ1) is 15.5. The Bertz CT molecular complexity index is 582. The zero-order chi connectivity index (χ0) is 15.0. The standard InChI is InChI=1S/C16H18N4S/c1-2-9-20-16(11-17,14-6-4-3-5-7-14)12-21-15-8-10-18-13-19-15/h3-8,10,13,20H,2,9,12H2,1H3. The number of hydrogen-bond donors (Lipinski definition) is 1. The minimum Gasteiger partial charge on any atom is -0.295 e. The predicted octanol–water partition coefficient (Wildman–Crippen LogP) is 2.99. The average Bonchev–Trinajstić information content (AvgIpc) is 2.57.